The van der Waals surface area contributed by atoms with E-state index in [4.69, 9.17) is 14.2 Å². The highest BCUT2D eigenvalue weighted by Crippen LogP contribution is 2.40. The third-order valence-corrected chi connectivity index (χ3v) is 2.44. The SMILES string of the molecule is CCOc1c(OC)cc(C(C)C)cc1OC. The van der Waals surface area contributed by atoms with Crippen molar-refractivity contribution in [1.82, 2.24) is 0 Å². The zero-order valence-corrected chi connectivity index (χ0v) is 10.7. The average molecular weight is 224 g/mol. The van der Waals surface area contributed by atoms with E-state index in [1.54, 1.807) is 14.2 Å². The van der Waals surface area contributed by atoms with Gasteiger partial charge in [-0.25, -0.2) is 0 Å². The molecule has 0 spiro atoms. The maximum absolute atomic E-state index is 5.53. The van der Waals surface area contributed by atoms with E-state index in [9.17, 15) is 0 Å². The molecule has 0 unspecified atom stereocenters. The van der Waals surface area contributed by atoms with Crippen LogP contribution in [0, 0.1) is 0 Å². The molecule has 90 valence electrons. The topological polar surface area (TPSA) is 27.7 Å². The molecule has 0 amide bonds. The number of ether oxygens (including phenoxy) is 3. The van der Waals surface area contributed by atoms with Crippen molar-refractivity contribution in [3.63, 3.8) is 0 Å². The summed E-state index contributed by atoms with van der Waals surface area (Å²) in [5.74, 6) is 2.56. The molecule has 0 atom stereocenters. The summed E-state index contributed by atoms with van der Waals surface area (Å²) in [6, 6.07) is 4.00. The van der Waals surface area contributed by atoms with Crippen molar-refractivity contribution in [3.8, 4) is 17.2 Å². The third-order valence-electron chi connectivity index (χ3n) is 2.44. The summed E-state index contributed by atoms with van der Waals surface area (Å²) < 4.78 is 16.2. The van der Waals surface area contributed by atoms with E-state index in [1.165, 1.54) is 5.56 Å². The number of hydrogen-bond acceptors (Lipinski definition) is 3. The van der Waals surface area contributed by atoms with Gasteiger partial charge in [-0.2, -0.15) is 0 Å². The molecular weight excluding hydrogens is 204 g/mol. The van der Waals surface area contributed by atoms with Crippen molar-refractivity contribution in [1.29, 1.82) is 0 Å². The number of rotatable bonds is 5. The molecule has 0 aliphatic heterocycles. The molecule has 0 radical (unpaired) electrons. The van der Waals surface area contributed by atoms with Gasteiger partial charge in [-0.3, -0.25) is 0 Å². The fourth-order valence-corrected chi connectivity index (χ4v) is 1.52. The molecule has 1 aromatic carbocycles. The standard InChI is InChI=1S/C13H20O3/c1-6-16-13-11(14-4)7-10(9(2)3)8-12(13)15-5/h7-9H,6H2,1-5H3. The zero-order chi connectivity index (χ0) is 12.1. The lowest BCUT2D eigenvalue weighted by Gasteiger charge is -2.16. The summed E-state index contributed by atoms with van der Waals surface area (Å²) in [5.41, 5.74) is 1.18. The van der Waals surface area contributed by atoms with Crippen LogP contribution in [0.2, 0.25) is 0 Å². The highest BCUT2D eigenvalue weighted by Gasteiger charge is 2.14. The van der Waals surface area contributed by atoms with Crippen LogP contribution in [0.5, 0.6) is 17.2 Å². The molecule has 0 aliphatic carbocycles. The Morgan fingerprint density at radius 3 is 1.88 bits per heavy atom. The smallest absolute Gasteiger partial charge is 0.203 e. The van der Waals surface area contributed by atoms with Gasteiger partial charge in [-0.05, 0) is 30.5 Å². The first kappa shape index (κ1) is 12.7. The lowest BCUT2D eigenvalue weighted by atomic mass is 10.0. The van der Waals surface area contributed by atoms with Crippen molar-refractivity contribution in [3.05, 3.63) is 17.7 Å². The number of benzene rings is 1. The molecule has 0 aromatic heterocycles. The van der Waals surface area contributed by atoms with Crippen LogP contribution in [-0.4, -0.2) is 20.8 Å². The second-order valence-corrected chi connectivity index (χ2v) is 3.84. The van der Waals surface area contributed by atoms with Gasteiger partial charge in [-0.1, -0.05) is 13.8 Å². The maximum atomic E-state index is 5.53. The minimum atomic E-state index is 0.429. The van der Waals surface area contributed by atoms with Crippen molar-refractivity contribution < 1.29 is 14.2 Å². The van der Waals surface area contributed by atoms with E-state index in [-0.39, 0.29) is 0 Å². The Morgan fingerprint density at radius 2 is 1.56 bits per heavy atom. The van der Waals surface area contributed by atoms with E-state index >= 15 is 0 Å². The van der Waals surface area contributed by atoms with Crippen molar-refractivity contribution >= 4 is 0 Å². The van der Waals surface area contributed by atoms with Gasteiger partial charge in [0.05, 0.1) is 20.8 Å². The normalized spacial score (nSPS) is 10.4. The molecule has 0 heterocycles. The molecular formula is C13H20O3. The van der Waals surface area contributed by atoms with E-state index in [0.29, 0.717) is 18.3 Å². The van der Waals surface area contributed by atoms with Crippen LogP contribution in [0.4, 0.5) is 0 Å². The van der Waals surface area contributed by atoms with Crippen LogP contribution in [0.3, 0.4) is 0 Å². The molecule has 1 rings (SSSR count). The lowest BCUT2D eigenvalue weighted by Crippen LogP contribution is -2.00. The Morgan fingerprint density at radius 1 is 1.06 bits per heavy atom. The summed E-state index contributed by atoms with van der Waals surface area (Å²) in [4.78, 5) is 0. The summed E-state index contributed by atoms with van der Waals surface area (Å²) in [6.45, 7) is 6.80. The molecule has 1 aromatic rings. The second kappa shape index (κ2) is 5.64. The predicted octanol–water partition coefficient (Wildman–Crippen LogP) is 3.23. The average Bonchev–Trinajstić information content (AvgIpc) is 2.29. The van der Waals surface area contributed by atoms with Crippen LogP contribution in [0.1, 0.15) is 32.3 Å². The van der Waals surface area contributed by atoms with Gasteiger partial charge in [-0.15, -0.1) is 0 Å². The Hall–Kier alpha value is -1.38. The Labute approximate surface area is 97.3 Å². The predicted molar refractivity (Wildman–Crippen MR) is 64.8 cm³/mol. The first-order chi connectivity index (χ1) is 7.63. The molecule has 3 heteroatoms. The first-order valence-corrected chi connectivity index (χ1v) is 5.52. The Bertz CT molecular complexity index is 320. The van der Waals surface area contributed by atoms with Gasteiger partial charge in [0.1, 0.15) is 0 Å². The summed E-state index contributed by atoms with van der Waals surface area (Å²) in [5, 5.41) is 0. The second-order valence-electron chi connectivity index (χ2n) is 3.84. The van der Waals surface area contributed by atoms with Crippen LogP contribution < -0.4 is 14.2 Å². The Kier molecular flexibility index (Phi) is 4.47. The van der Waals surface area contributed by atoms with Crippen LogP contribution in [-0.2, 0) is 0 Å². The van der Waals surface area contributed by atoms with Gasteiger partial charge in [0.25, 0.3) is 0 Å². The van der Waals surface area contributed by atoms with Crippen molar-refractivity contribution in [2.45, 2.75) is 26.7 Å². The van der Waals surface area contributed by atoms with Crippen molar-refractivity contribution in [2.24, 2.45) is 0 Å². The fraction of sp³-hybridized carbons (Fsp3) is 0.538. The lowest BCUT2D eigenvalue weighted by molar-refractivity contribution is 0.288. The fourth-order valence-electron chi connectivity index (χ4n) is 1.52. The minimum absolute atomic E-state index is 0.429. The molecule has 0 N–H and O–H groups in total. The number of hydrogen-bond donors (Lipinski definition) is 0. The molecule has 0 bridgehead atoms. The molecule has 0 fully saturated rings. The largest absolute Gasteiger partial charge is 0.493 e. The van der Waals surface area contributed by atoms with Crippen LogP contribution in [0.25, 0.3) is 0 Å². The molecule has 0 saturated heterocycles. The highest BCUT2D eigenvalue weighted by atomic mass is 16.5. The minimum Gasteiger partial charge on any atom is -0.493 e. The van der Waals surface area contributed by atoms with E-state index in [2.05, 4.69) is 13.8 Å². The van der Waals surface area contributed by atoms with Gasteiger partial charge >= 0.3 is 0 Å². The van der Waals surface area contributed by atoms with E-state index in [0.717, 1.165) is 11.5 Å². The molecule has 0 aliphatic rings. The third kappa shape index (κ3) is 2.60. The van der Waals surface area contributed by atoms with Crippen molar-refractivity contribution in [2.75, 3.05) is 20.8 Å². The monoisotopic (exact) mass is 224 g/mol. The van der Waals surface area contributed by atoms with Gasteiger partial charge in [0, 0.05) is 0 Å². The van der Waals surface area contributed by atoms with Gasteiger partial charge in [0.15, 0.2) is 11.5 Å². The van der Waals surface area contributed by atoms with Gasteiger partial charge < -0.3 is 14.2 Å². The number of methoxy groups -OCH3 is 2. The van der Waals surface area contributed by atoms with E-state index in [1.807, 2.05) is 19.1 Å². The summed E-state index contributed by atoms with van der Waals surface area (Å²) in [7, 11) is 3.28. The highest BCUT2D eigenvalue weighted by molar-refractivity contribution is 5.54. The molecule has 16 heavy (non-hydrogen) atoms. The molecule has 0 saturated carbocycles. The van der Waals surface area contributed by atoms with Crippen LogP contribution >= 0.6 is 0 Å². The van der Waals surface area contributed by atoms with Gasteiger partial charge in [0.2, 0.25) is 5.75 Å². The Balaban J connectivity index is 3.25. The summed E-state index contributed by atoms with van der Waals surface area (Å²) >= 11 is 0. The zero-order valence-electron chi connectivity index (χ0n) is 10.7. The maximum Gasteiger partial charge on any atom is 0.203 e. The first-order valence-electron chi connectivity index (χ1n) is 5.52. The van der Waals surface area contributed by atoms with Crippen LogP contribution in [0.15, 0.2) is 12.1 Å². The molecule has 3 nitrogen and oxygen atoms in total. The quantitative estimate of drug-likeness (QED) is 0.768. The van der Waals surface area contributed by atoms with E-state index < -0.39 is 0 Å². The summed E-state index contributed by atoms with van der Waals surface area (Å²) in [6.07, 6.45) is 0.